The Labute approximate surface area is 121 Å². The Morgan fingerprint density at radius 2 is 1.40 bits per heavy atom. The van der Waals surface area contributed by atoms with E-state index >= 15 is 0 Å². The first-order valence-corrected chi connectivity index (χ1v) is 7.24. The van der Waals surface area contributed by atoms with Gasteiger partial charge in [-0.05, 0) is 51.0 Å². The number of anilines is 1. The van der Waals surface area contributed by atoms with Gasteiger partial charge in [0.25, 0.3) is 0 Å². The molecule has 0 aromatic heterocycles. The fraction of sp³-hybridized carbons (Fsp3) is 0.333. The van der Waals surface area contributed by atoms with Crippen molar-refractivity contribution in [1.29, 1.82) is 0 Å². The summed E-state index contributed by atoms with van der Waals surface area (Å²) >= 11 is 0. The molecule has 0 bridgehead atoms. The maximum Gasteiger partial charge on any atom is 0.119 e. The predicted octanol–water partition coefficient (Wildman–Crippen LogP) is 4.57. The van der Waals surface area contributed by atoms with E-state index in [4.69, 9.17) is 4.74 Å². The number of benzene rings is 2. The van der Waals surface area contributed by atoms with Crippen LogP contribution in [0.5, 0.6) is 5.75 Å². The zero-order chi connectivity index (χ0) is 14.2. The number of unbranched alkanes of at least 4 members (excludes halogenated alkanes) is 1. The molecule has 2 nitrogen and oxygen atoms in total. The highest BCUT2D eigenvalue weighted by molar-refractivity contribution is 5.44. The predicted molar refractivity (Wildman–Crippen MR) is 85.6 cm³/mol. The van der Waals surface area contributed by atoms with Gasteiger partial charge in [-0.25, -0.2) is 0 Å². The van der Waals surface area contributed by atoms with Crippen molar-refractivity contribution in [2.24, 2.45) is 0 Å². The monoisotopic (exact) mass is 269 g/mol. The summed E-state index contributed by atoms with van der Waals surface area (Å²) in [6.07, 6.45) is 2.17. The smallest absolute Gasteiger partial charge is 0.119 e. The van der Waals surface area contributed by atoms with Gasteiger partial charge in [-0.1, -0.05) is 35.4 Å². The first-order valence-electron chi connectivity index (χ1n) is 7.24. The Morgan fingerprint density at radius 1 is 0.800 bits per heavy atom. The van der Waals surface area contributed by atoms with Gasteiger partial charge >= 0.3 is 0 Å². The highest BCUT2D eigenvalue weighted by Crippen LogP contribution is 2.12. The summed E-state index contributed by atoms with van der Waals surface area (Å²) < 4.78 is 5.70. The van der Waals surface area contributed by atoms with Crippen molar-refractivity contribution in [3.8, 4) is 5.75 Å². The fourth-order valence-electron chi connectivity index (χ4n) is 1.96. The van der Waals surface area contributed by atoms with Gasteiger partial charge in [0.1, 0.15) is 5.75 Å². The number of hydrogen-bond donors (Lipinski definition) is 1. The van der Waals surface area contributed by atoms with Crippen molar-refractivity contribution in [2.75, 3.05) is 18.5 Å². The molecule has 106 valence electrons. The van der Waals surface area contributed by atoms with Crippen molar-refractivity contribution in [3.05, 3.63) is 59.7 Å². The lowest BCUT2D eigenvalue weighted by molar-refractivity contribution is 0.308. The summed E-state index contributed by atoms with van der Waals surface area (Å²) in [6, 6.07) is 16.7. The maximum atomic E-state index is 5.70. The third-order valence-corrected chi connectivity index (χ3v) is 3.24. The summed E-state index contributed by atoms with van der Waals surface area (Å²) in [5.41, 5.74) is 3.75. The Bertz CT molecular complexity index is 452. The van der Waals surface area contributed by atoms with Crippen LogP contribution >= 0.6 is 0 Å². The number of hydrogen-bond acceptors (Lipinski definition) is 2. The third-order valence-electron chi connectivity index (χ3n) is 3.24. The lowest BCUT2D eigenvalue weighted by atomic mass is 10.2. The van der Waals surface area contributed by atoms with Crippen molar-refractivity contribution in [3.63, 3.8) is 0 Å². The minimum Gasteiger partial charge on any atom is -0.494 e. The van der Waals surface area contributed by atoms with Crippen LogP contribution in [0.15, 0.2) is 48.5 Å². The minimum absolute atomic E-state index is 0.776. The van der Waals surface area contributed by atoms with E-state index in [1.54, 1.807) is 0 Å². The zero-order valence-corrected chi connectivity index (χ0v) is 12.4. The van der Waals surface area contributed by atoms with Crippen LogP contribution in [0.1, 0.15) is 24.0 Å². The summed E-state index contributed by atoms with van der Waals surface area (Å²) in [7, 11) is 0. The molecule has 0 spiro atoms. The van der Waals surface area contributed by atoms with E-state index in [-0.39, 0.29) is 0 Å². The Balaban J connectivity index is 1.57. The second-order valence-corrected chi connectivity index (χ2v) is 5.16. The van der Waals surface area contributed by atoms with Crippen LogP contribution in [0.3, 0.4) is 0 Å². The first-order chi connectivity index (χ1) is 9.74. The minimum atomic E-state index is 0.776. The third kappa shape index (κ3) is 4.96. The highest BCUT2D eigenvalue weighted by atomic mass is 16.5. The highest BCUT2D eigenvalue weighted by Gasteiger charge is 1.94. The number of rotatable bonds is 7. The second kappa shape index (κ2) is 7.59. The Morgan fingerprint density at radius 3 is 2.05 bits per heavy atom. The standard InChI is InChI=1S/C18H23NO/c1-15-5-9-17(10-6-15)19-13-3-4-14-20-18-11-7-16(2)8-12-18/h5-12,19H,3-4,13-14H2,1-2H3. The Kier molecular flexibility index (Phi) is 5.48. The molecule has 1 N–H and O–H groups in total. The Hall–Kier alpha value is -1.96. The molecule has 20 heavy (non-hydrogen) atoms. The van der Waals surface area contributed by atoms with Gasteiger partial charge in [0, 0.05) is 12.2 Å². The molecule has 0 saturated heterocycles. The van der Waals surface area contributed by atoms with E-state index in [9.17, 15) is 0 Å². The SMILES string of the molecule is Cc1ccc(NCCCCOc2ccc(C)cc2)cc1. The van der Waals surface area contributed by atoms with Crippen LogP contribution in [-0.2, 0) is 0 Å². The van der Waals surface area contributed by atoms with Gasteiger partial charge in [-0.3, -0.25) is 0 Å². The molecule has 2 aromatic rings. The van der Waals surface area contributed by atoms with Gasteiger partial charge in [0.2, 0.25) is 0 Å². The average molecular weight is 269 g/mol. The van der Waals surface area contributed by atoms with Gasteiger partial charge in [-0.15, -0.1) is 0 Å². The molecule has 2 rings (SSSR count). The molecular weight excluding hydrogens is 246 g/mol. The number of nitrogens with one attached hydrogen (secondary N) is 1. The van der Waals surface area contributed by atoms with Crippen LogP contribution in [0.2, 0.25) is 0 Å². The summed E-state index contributed by atoms with van der Waals surface area (Å²) in [5, 5.41) is 3.42. The van der Waals surface area contributed by atoms with Crippen LogP contribution in [-0.4, -0.2) is 13.2 Å². The molecule has 0 saturated carbocycles. The van der Waals surface area contributed by atoms with Gasteiger partial charge in [0.05, 0.1) is 6.61 Å². The van der Waals surface area contributed by atoms with E-state index in [0.29, 0.717) is 0 Å². The topological polar surface area (TPSA) is 21.3 Å². The largest absolute Gasteiger partial charge is 0.494 e. The zero-order valence-electron chi connectivity index (χ0n) is 12.4. The molecule has 0 radical (unpaired) electrons. The molecule has 0 aliphatic heterocycles. The molecule has 2 aromatic carbocycles. The first kappa shape index (κ1) is 14.4. The van der Waals surface area contributed by atoms with Gasteiger partial charge in [-0.2, -0.15) is 0 Å². The second-order valence-electron chi connectivity index (χ2n) is 5.16. The van der Waals surface area contributed by atoms with Crippen molar-refractivity contribution >= 4 is 5.69 Å². The van der Waals surface area contributed by atoms with Crippen LogP contribution in [0, 0.1) is 13.8 Å². The fourth-order valence-corrected chi connectivity index (χ4v) is 1.96. The molecule has 0 aliphatic rings. The van der Waals surface area contributed by atoms with Gasteiger partial charge < -0.3 is 10.1 Å². The lowest BCUT2D eigenvalue weighted by Crippen LogP contribution is -2.04. The summed E-state index contributed by atoms with van der Waals surface area (Å²) in [4.78, 5) is 0. The summed E-state index contributed by atoms with van der Waals surface area (Å²) in [6.45, 7) is 5.95. The van der Waals surface area contributed by atoms with Crippen LogP contribution in [0.25, 0.3) is 0 Å². The molecule has 2 heteroatoms. The molecule has 0 unspecified atom stereocenters. The van der Waals surface area contributed by atoms with Crippen LogP contribution in [0.4, 0.5) is 5.69 Å². The number of aryl methyl sites for hydroxylation is 2. The van der Waals surface area contributed by atoms with E-state index in [1.165, 1.54) is 16.8 Å². The van der Waals surface area contributed by atoms with E-state index in [0.717, 1.165) is 31.7 Å². The van der Waals surface area contributed by atoms with Crippen molar-refractivity contribution in [1.82, 2.24) is 0 Å². The molecule has 0 amide bonds. The maximum absolute atomic E-state index is 5.70. The molecular formula is C18H23NO. The lowest BCUT2D eigenvalue weighted by Gasteiger charge is -2.08. The molecule has 0 atom stereocenters. The van der Waals surface area contributed by atoms with E-state index in [2.05, 4.69) is 55.6 Å². The average Bonchev–Trinajstić information content (AvgIpc) is 2.46. The van der Waals surface area contributed by atoms with E-state index < -0.39 is 0 Å². The van der Waals surface area contributed by atoms with Crippen LogP contribution < -0.4 is 10.1 Å². The normalized spacial score (nSPS) is 10.3. The van der Waals surface area contributed by atoms with Crippen molar-refractivity contribution in [2.45, 2.75) is 26.7 Å². The molecule has 0 fully saturated rings. The molecule has 0 aliphatic carbocycles. The quantitative estimate of drug-likeness (QED) is 0.743. The molecule has 0 heterocycles. The number of ether oxygens (including phenoxy) is 1. The van der Waals surface area contributed by atoms with E-state index in [1.807, 2.05) is 12.1 Å². The van der Waals surface area contributed by atoms with Crippen molar-refractivity contribution < 1.29 is 4.74 Å². The van der Waals surface area contributed by atoms with Gasteiger partial charge in [0.15, 0.2) is 0 Å². The summed E-state index contributed by atoms with van der Waals surface area (Å²) in [5.74, 6) is 0.960.